The number of fused-ring (bicyclic) bond motifs is 1. The van der Waals surface area contributed by atoms with Crippen molar-refractivity contribution in [3.63, 3.8) is 0 Å². The maximum Gasteiger partial charge on any atom is 0.231 e. The zero-order valence-corrected chi connectivity index (χ0v) is 13.2. The number of ether oxygens (including phenoxy) is 2. The normalized spacial score (nSPS) is 16.5. The van der Waals surface area contributed by atoms with Crippen LogP contribution in [0.25, 0.3) is 0 Å². The van der Waals surface area contributed by atoms with Crippen LogP contribution in [-0.4, -0.2) is 29.9 Å². The fraction of sp³-hybridized carbons (Fsp3) is 0.412. The van der Waals surface area contributed by atoms with E-state index in [1.54, 1.807) is 0 Å². The number of aryl methyl sites for hydroxylation is 1. The Morgan fingerprint density at radius 1 is 1.00 bits per heavy atom. The molecule has 0 amide bonds. The second-order valence-electron chi connectivity index (χ2n) is 5.93. The Bertz CT molecular complexity index is 714. The quantitative estimate of drug-likeness (QED) is 0.939. The van der Waals surface area contributed by atoms with Crippen molar-refractivity contribution < 1.29 is 9.47 Å². The molecule has 1 saturated heterocycles. The lowest BCUT2D eigenvalue weighted by molar-refractivity contribution is 0.174. The van der Waals surface area contributed by atoms with Crippen LogP contribution in [0.5, 0.6) is 11.5 Å². The monoisotopic (exact) mass is 312 g/mol. The minimum atomic E-state index is 0.277. The lowest BCUT2D eigenvalue weighted by atomic mass is 10.1. The molecule has 1 aromatic carbocycles. The highest BCUT2D eigenvalue weighted by atomic mass is 16.7. The van der Waals surface area contributed by atoms with E-state index in [2.05, 4.69) is 26.3 Å². The Labute approximate surface area is 135 Å². The largest absolute Gasteiger partial charge is 0.454 e. The first kappa shape index (κ1) is 14.1. The molecule has 0 bridgehead atoms. The second-order valence-corrected chi connectivity index (χ2v) is 5.93. The number of aromatic nitrogens is 2. The minimum absolute atomic E-state index is 0.277. The van der Waals surface area contributed by atoms with Gasteiger partial charge in [0.05, 0.1) is 0 Å². The van der Waals surface area contributed by atoms with E-state index in [0.29, 0.717) is 5.95 Å². The van der Waals surface area contributed by atoms with E-state index in [9.17, 15) is 0 Å². The molecule has 4 rings (SSSR count). The zero-order chi connectivity index (χ0) is 15.6. The first-order chi connectivity index (χ1) is 11.3. The summed E-state index contributed by atoms with van der Waals surface area (Å²) in [6, 6.07) is 7.80. The number of hydrogen-bond acceptors (Lipinski definition) is 6. The van der Waals surface area contributed by atoms with Crippen LogP contribution in [0.4, 0.5) is 17.5 Å². The molecule has 0 atom stereocenters. The van der Waals surface area contributed by atoms with Crippen LogP contribution >= 0.6 is 0 Å². The molecule has 0 aliphatic carbocycles. The maximum absolute atomic E-state index is 5.41. The van der Waals surface area contributed by atoms with Gasteiger partial charge in [0.25, 0.3) is 0 Å². The predicted octanol–water partition coefficient (Wildman–Crippen LogP) is 3.25. The average Bonchev–Trinajstić information content (AvgIpc) is 3.03. The maximum atomic E-state index is 5.41. The van der Waals surface area contributed by atoms with Crippen LogP contribution < -0.4 is 19.7 Å². The number of benzene rings is 1. The molecular weight excluding hydrogens is 292 g/mol. The molecule has 2 aliphatic rings. The number of rotatable bonds is 3. The second kappa shape index (κ2) is 5.95. The standard InChI is InChI=1S/C17H20N4O2/c1-12-9-16(21-7-3-2-4-8-21)20-17(18-12)19-13-5-6-14-15(10-13)23-11-22-14/h5-6,9-10H,2-4,7-8,11H2,1H3,(H,18,19,20). The highest BCUT2D eigenvalue weighted by Gasteiger charge is 2.16. The molecule has 2 aromatic rings. The average molecular weight is 312 g/mol. The van der Waals surface area contributed by atoms with E-state index in [-0.39, 0.29) is 6.79 Å². The van der Waals surface area contributed by atoms with Gasteiger partial charge >= 0.3 is 0 Å². The van der Waals surface area contributed by atoms with Crippen LogP contribution in [0.3, 0.4) is 0 Å². The van der Waals surface area contributed by atoms with Crippen molar-refractivity contribution in [2.24, 2.45) is 0 Å². The Morgan fingerprint density at radius 3 is 2.70 bits per heavy atom. The molecule has 1 fully saturated rings. The van der Waals surface area contributed by atoms with Gasteiger partial charge in [-0.1, -0.05) is 0 Å². The van der Waals surface area contributed by atoms with Crippen LogP contribution in [0.1, 0.15) is 25.0 Å². The van der Waals surface area contributed by atoms with E-state index in [1.165, 1.54) is 19.3 Å². The third-order valence-corrected chi connectivity index (χ3v) is 4.15. The SMILES string of the molecule is Cc1cc(N2CCCCC2)nc(Nc2ccc3c(c2)OCO3)n1. The van der Waals surface area contributed by atoms with Gasteiger partial charge in [0, 0.05) is 36.6 Å². The van der Waals surface area contributed by atoms with Crippen molar-refractivity contribution in [3.8, 4) is 11.5 Å². The molecule has 0 unspecified atom stereocenters. The molecule has 1 N–H and O–H groups in total. The number of hydrogen-bond donors (Lipinski definition) is 1. The molecular formula is C17H20N4O2. The van der Waals surface area contributed by atoms with Gasteiger partial charge in [0.15, 0.2) is 11.5 Å². The summed E-state index contributed by atoms with van der Waals surface area (Å²) in [5.41, 5.74) is 1.85. The van der Waals surface area contributed by atoms with E-state index in [1.807, 2.05) is 25.1 Å². The fourth-order valence-corrected chi connectivity index (χ4v) is 3.00. The van der Waals surface area contributed by atoms with Crippen molar-refractivity contribution in [1.29, 1.82) is 0 Å². The predicted molar refractivity (Wildman–Crippen MR) is 88.7 cm³/mol. The van der Waals surface area contributed by atoms with Crippen LogP contribution in [0.2, 0.25) is 0 Å². The Kier molecular flexibility index (Phi) is 3.65. The van der Waals surface area contributed by atoms with Gasteiger partial charge in [-0.25, -0.2) is 4.98 Å². The topological polar surface area (TPSA) is 59.5 Å². The summed E-state index contributed by atoms with van der Waals surface area (Å²) in [7, 11) is 0. The number of nitrogens with one attached hydrogen (secondary N) is 1. The van der Waals surface area contributed by atoms with E-state index in [4.69, 9.17) is 9.47 Å². The first-order valence-electron chi connectivity index (χ1n) is 8.05. The highest BCUT2D eigenvalue weighted by Crippen LogP contribution is 2.35. The van der Waals surface area contributed by atoms with Crippen molar-refractivity contribution >= 4 is 17.5 Å². The van der Waals surface area contributed by atoms with Gasteiger partial charge in [-0.2, -0.15) is 4.98 Å². The number of piperidine rings is 1. The highest BCUT2D eigenvalue weighted by molar-refractivity contribution is 5.61. The molecule has 0 spiro atoms. The molecule has 0 saturated carbocycles. The summed E-state index contributed by atoms with van der Waals surface area (Å²) in [6.45, 7) is 4.42. The van der Waals surface area contributed by atoms with Crippen molar-refractivity contribution in [2.45, 2.75) is 26.2 Å². The number of nitrogens with zero attached hydrogens (tertiary/aromatic N) is 3. The summed E-state index contributed by atoms with van der Waals surface area (Å²) >= 11 is 0. The molecule has 2 aliphatic heterocycles. The third kappa shape index (κ3) is 3.02. The van der Waals surface area contributed by atoms with Crippen molar-refractivity contribution in [3.05, 3.63) is 30.0 Å². The van der Waals surface area contributed by atoms with E-state index < -0.39 is 0 Å². The summed E-state index contributed by atoms with van der Waals surface area (Å²) in [5.74, 6) is 3.14. The van der Waals surface area contributed by atoms with Gasteiger partial charge in [-0.3, -0.25) is 0 Å². The lowest BCUT2D eigenvalue weighted by Gasteiger charge is -2.28. The van der Waals surface area contributed by atoms with Gasteiger partial charge in [0.2, 0.25) is 12.7 Å². The lowest BCUT2D eigenvalue weighted by Crippen LogP contribution is -2.30. The summed E-state index contributed by atoms with van der Waals surface area (Å²) in [6.07, 6.45) is 3.77. The molecule has 120 valence electrons. The molecule has 3 heterocycles. The zero-order valence-electron chi connectivity index (χ0n) is 13.2. The number of anilines is 3. The molecule has 0 radical (unpaired) electrons. The van der Waals surface area contributed by atoms with E-state index >= 15 is 0 Å². The Hall–Kier alpha value is -2.50. The first-order valence-corrected chi connectivity index (χ1v) is 8.05. The van der Waals surface area contributed by atoms with Gasteiger partial charge in [-0.05, 0) is 38.3 Å². The molecule has 6 heteroatoms. The van der Waals surface area contributed by atoms with Gasteiger partial charge in [-0.15, -0.1) is 0 Å². The summed E-state index contributed by atoms with van der Waals surface area (Å²) < 4.78 is 10.7. The minimum Gasteiger partial charge on any atom is -0.454 e. The summed E-state index contributed by atoms with van der Waals surface area (Å²) in [5, 5.41) is 3.27. The van der Waals surface area contributed by atoms with Gasteiger partial charge in [0.1, 0.15) is 5.82 Å². The van der Waals surface area contributed by atoms with Crippen LogP contribution in [0.15, 0.2) is 24.3 Å². The Morgan fingerprint density at radius 2 is 1.83 bits per heavy atom. The third-order valence-electron chi connectivity index (χ3n) is 4.15. The molecule has 23 heavy (non-hydrogen) atoms. The molecule has 6 nitrogen and oxygen atoms in total. The van der Waals surface area contributed by atoms with Crippen LogP contribution in [-0.2, 0) is 0 Å². The van der Waals surface area contributed by atoms with Crippen LogP contribution in [0, 0.1) is 6.92 Å². The fourth-order valence-electron chi connectivity index (χ4n) is 3.00. The van der Waals surface area contributed by atoms with Gasteiger partial charge < -0.3 is 19.7 Å². The smallest absolute Gasteiger partial charge is 0.231 e. The molecule has 1 aromatic heterocycles. The summed E-state index contributed by atoms with van der Waals surface area (Å²) in [4.78, 5) is 11.5. The van der Waals surface area contributed by atoms with E-state index in [0.717, 1.165) is 41.8 Å². The van der Waals surface area contributed by atoms with Crippen molar-refractivity contribution in [2.75, 3.05) is 30.1 Å². The van der Waals surface area contributed by atoms with Crippen molar-refractivity contribution in [1.82, 2.24) is 9.97 Å². The Balaban J connectivity index is 1.57.